The van der Waals surface area contributed by atoms with Gasteiger partial charge in [-0.2, -0.15) is 0 Å². The highest BCUT2D eigenvalue weighted by Gasteiger charge is 2.53. The topological polar surface area (TPSA) is 64.6 Å². The van der Waals surface area contributed by atoms with Gasteiger partial charge in [0.1, 0.15) is 5.75 Å². The Kier molecular flexibility index (Phi) is 5.84. The first kappa shape index (κ1) is 20.2. The van der Waals surface area contributed by atoms with E-state index in [2.05, 4.69) is 12.2 Å². The molecule has 0 aliphatic heterocycles. The standard InChI is InChI=1S/C24H33NO4/c1-3-21(29-20-7-5-4-6-8-20)23(27)28-15-22(26)25-16(2)24-12-17-9-18(13-24)11-19(10-17)14-24/h4-8,16-19,21H,3,9-15H2,1-2H3,(H,25,26)/t16-,17?,18?,19?,21+,24?/m1/s1. The predicted molar refractivity (Wildman–Crippen MR) is 110 cm³/mol. The van der Waals surface area contributed by atoms with Gasteiger partial charge in [-0.05, 0) is 87.2 Å². The number of ether oxygens (including phenoxy) is 2. The van der Waals surface area contributed by atoms with Crippen molar-refractivity contribution in [1.82, 2.24) is 5.32 Å². The molecule has 0 unspecified atom stereocenters. The molecule has 1 aromatic rings. The molecule has 1 amide bonds. The van der Waals surface area contributed by atoms with Gasteiger partial charge in [-0.15, -0.1) is 0 Å². The van der Waals surface area contributed by atoms with Gasteiger partial charge in [0.05, 0.1) is 0 Å². The molecule has 0 saturated heterocycles. The molecule has 1 aromatic carbocycles. The number of carbonyl (C=O) groups excluding carboxylic acids is 2. The first-order chi connectivity index (χ1) is 14.0. The monoisotopic (exact) mass is 399 g/mol. The van der Waals surface area contributed by atoms with Gasteiger partial charge in [-0.25, -0.2) is 4.79 Å². The van der Waals surface area contributed by atoms with E-state index in [1.54, 1.807) is 12.1 Å². The fourth-order valence-electron chi connectivity index (χ4n) is 6.34. The van der Waals surface area contributed by atoms with Gasteiger partial charge in [0.2, 0.25) is 0 Å². The van der Waals surface area contributed by atoms with Crippen molar-refractivity contribution in [1.29, 1.82) is 0 Å². The molecule has 0 spiro atoms. The van der Waals surface area contributed by atoms with Gasteiger partial charge < -0.3 is 14.8 Å². The maximum atomic E-state index is 12.5. The third kappa shape index (κ3) is 4.44. The molecule has 5 rings (SSSR count). The summed E-state index contributed by atoms with van der Waals surface area (Å²) >= 11 is 0. The van der Waals surface area contributed by atoms with E-state index in [4.69, 9.17) is 9.47 Å². The summed E-state index contributed by atoms with van der Waals surface area (Å²) < 4.78 is 11.0. The summed E-state index contributed by atoms with van der Waals surface area (Å²) in [5.41, 5.74) is 0.247. The van der Waals surface area contributed by atoms with Gasteiger partial charge in [-0.1, -0.05) is 25.1 Å². The summed E-state index contributed by atoms with van der Waals surface area (Å²) in [4.78, 5) is 24.9. The van der Waals surface area contributed by atoms with Crippen LogP contribution in [0.5, 0.6) is 5.75 Å². The number of para-hydroxylation sites is 1. The van der Waals surface area contributed by atoms with Crippen LogP contribution < -0.4 is 10.1 Å². The number of nitrogens with one attached hydrogen (secondary N) is 1. The van der Waals surface area contributed by atoms with Gasteiger partial charge in [0.15, 0.2) is 12.7 Å². The lowest BCUT2D eigenvalue weighted by Crippen LogP contribution is -2.56. The van der Waals surface area contributed by atoms with E-state index in [1.165, 1.54) is 38.5 Å². The highest BCUT2D eigenvalue weighted by atomic mass is 16.6. The van der Waals surface area contributed by atoms with E-state index in [0.717, 1.165) is 17.8 Å². The minimum absolute atomic E-state index is 0.129. The number of rotatable bonds is 8. The summed E-state index contributed by atoms with van der Waals surface area (Å²) in [5, 5.41) is 3.14. The number of amides is 1. The SMILES string of the molecule is CC[C@H](Oc1ccccc1)C(=O)OCC(=O)N[C@H](C)C12CC3CC(CC(C3)C1)C2. The molecule has 5 nitrogen and oxygen atoms in total. The van der Waals surface area contributed by atoms with Crippen molar-refractivity contribution in [3.63, 3.8) is 0 Å². The van der Waals surface area contributed by atoms with Gasteiger partial charge >= 0.3 is 5.97 Å². The molecule has 1 N–H and O–H groups in total. The predicted octanol–water partition coefficient (Wildman–Crippen LogP) is 4.11. The molecular formula is C24H33NO4. The van der Waals surface area contributed by atoms with Crippen LogP contribution in [0.3, 0.4) is 0 Å². The fourth-order valence-corrected chi connectivity index (χ4v) is 6.34. The van der Waals surface area contributed by atoms with Gasteiger partial charge in [0, 0.05) is 6.04 Å². The first-order valence-electron chi connectivity index (χ1n) is 11.1. The Bertz CT molecular complexity index is 696. The molecule has 2 atom stereocenters. The number of carbonyl (C=O) groups is 2. The second kappa shape index (κ2) is 8.37. The van der Waals surface area contributed by atoms with E-state index >= 15 is 0 Å². The maximum Gasteiger partial charge on any atom is 0.347 e. The van der Waals surface area contributed by atoms with Crippen LogP contribution in [0.1, 0.15) is 58.8 Å². The molecule has 5 heteroatoms. The average Bonchev–Trinajstić information content (AvgIpc) is 2.70. The number of hydrogen-bond donors (Lipinski definition) is 1. The molecule has 4 aliphatic rings. The zero-order valence-electron chi connectivity index (χ0n) is 17.6. The van der Waals surface area contributed by atoms with E-state index in [1.807, 2.05) is 25.1 Å². The van der Waals surface area contributed by atoms with Crippen molar-refractivity contribution < 1.29 is 19.1 Å². The van der Waals surface area contributed by atoms with Crippen LogP contribution in [-0.2, 0) is 14.3 Å². The van der Waals surface area contributed by atoms with Gasteiger partial charge in [0.25, 0.3) is 5.91 Å². The first-order valence-corrected chi connectivity index (χ1v) is 11.1. The molecule has 0 radical (unpaired) electrons. The minimum atomic E-state index is -0.703. The van der Waals surface area contributed by atoms with Crippen molar-refractivity contribution in [2.75, 3.05) is 6.61 Å². The summed E-state index contributed by atoms with van der Waals surface area (Å²) in [6, 6.07) is 9.33. The lowest BCUT2D eigenvalue weighted by molar-refractivity contribution is -0.156. The lowest BCUT2D eigenvalue weighted by atomic mass is 9.48. The average molecular weight is 400 g/mol. The third-order valence-corrected chi connectivity index (χ3v) is 7.38. The quantitative estimate of drug-likeness (QED) is 0.668. The van der Waals surface area contributed by atoms with Crippen molar-refractivity contribution >= 4 is 11.9 Å². The van der Waals surface area contributed by atoms with E-state index in [-0.39, 0.29) is 24.0 Å². The highest BCUT2D eigenvalue weighted by molar-refractivity contribution is 5.82. The summed E-state index contributed by atoms with van der Waals surface area (Å²) in [6.45, 7) is 3.76. The van der Waals surface area contributed by atoms with Crippen molar-refractivity contribution in [2.45, 2.75) is 70.9 Å². The number of esters is 1. The Balaban J connectivity index is 1.27. The van der Waals surface area contributed by atoms with E-state index in [0.29, 0.717) is 12.2 Å². The molecular weight excluding hydrogens is 366 g/mol. The molecule has 0 aromatic heterocycles. The molecule has 4 aliphatic carbocycles. The molecule has 0 heterocycles. The van der Waals surface area contributed by atoms with E-state index in [9.17, 15) is 9.59 Å². The zero-order valence-corrected chi connectivity index (χ0v) is 17.6. The molecule has 4 bridgehead atoms. The summed E-state index contributed by atoms with van der Waals surface area (Å²) in [6.07, 6.45) is 7.66. The molecule has 4 saturated carbocycles. The number of hydrogen-bond acceptors (Lipinski definition) is 4. The number of benzene rings is 1. The van der Waals surface area contributed by atoms with Crippen LogP contribution in [0.15, 0.2) is 30.3 Å². The van der Waals surface area contributed by atoms with Crippen molar-refractivity contribution in [3.05, 3.63) is 30.3 Å². The van der Waals surface area contributed by atoms with Crippen molar-refractivity contribution in [2.24, 2.45) is 23.2 Å². The molecule has 29 heavy (non-hydrogen) atoms. The minimum Gasteiger partial charge on any atom is -0.479 e. The smallest absolute Gasteiger partial charge is 0.347 e. The summed E-state index contributed by atoms with van der Waals surface area (Å²) in [5.74, 6) is 2.46. The Morgan fingerprint density at radius 2 is 1.66 bits per heavy atom. The lowest BCUT2D eigenvalue weighted by Gasteiger charge is -2.59. The summed E-state index contributed by atoms with van der Waals surface area (Å²) in [7, 11) is 0. The van der Waals surface area contributed by atoms with Crippen LogP contribution in [-0.4, -0.2) is 30.6 Å². The largest absolute Gasteiger partial charge is 0.479 e. The fraction of sp³-hybridized carbons (Fsp3) is 0.667. The molecule has 158 valence electrons. The Morgan fingerprint density at radius 1 is 1.07 bits per heavy atom. The van der Waals surface area contributed by atoms with Crippen LogP contribution in [0.4, 0.5) is 0 Å². The van der Waals surface area contributed by atoms with E-state index < -0.39 is 12.1 Å². The Hall–Kier alpha value is -2.04. The zero-order chi connectivity index (χ0) is 20.4. The van der Waals surface area contributed by atoms with Gasteiger partial charge in [-0.3, -0.25) is 4.79 Å². The Morgan fingerprint density at radius 3 is 2.21 bits per heavy atom. The van der Waals surface area contributed by atoms with Crippen LogP contribution in [0, 0.1) is 23.2 Å². The van der Waals surface area contributed by atoms with Crippen molar-refractivity contribution in [3.8, 4) is 5.75 Å². The van der Waals surface area contributed by atoms with Crippen LogP contribution in [0.2, 0.25) is 0 Å². The van der Waals surface area contributed by atoms with Crippen LogP contribution in [0.25, 0.3) is 0 Å². The third-order valence-electron chi connectivity index (χ3n) is 7.38. The van der Waals surface area contributed by atoms with Crippen LogP contribution >= 0.6 is 0 Å². The second-order valence-electron chi connectivity index (χ2n) is 9.50. The maximum absolute atomic E-state index is 12.5. The normalized spacial score (nSPS) is 31.7. The molecule has 4 fully saturated rings. The highest BCUT2D eigenvalue weighted by Crippen LogP contribution is 2.61. The second-order valence-corrected chi connectivity index (χ2v) is 9.50. The Labute approximate surface area is 173 Å².